The minimum absolute atomic E-state index is 0.0676. The first-order valence-corrected chi connectivity index (χ1v) is 19.2. The number of ketones is 2. The van der Waals surface area contributed by atoms with Crippen LogP contribution in [0.25, 0.3) is 11.1 Å². The normalized spacial score (nSPS) is 10.8. The first kappa shape index (κ1) is 42.3. The molecule has 0 aliphatic rings. The van der Waals surface area contributed by atoms with Gasteiger partial charge in [-0.3, -0.25) is 9.59 Å². The Bertz CT molecular complexity index is 2090. The smallest absolute Gasteiger partial charge is 0.193 e. The van der Waals surface area contributed by atoms with Crippen LogP contribution >= 0.6 is 0 Å². The third-order valence-electron chi connectivity index (χ3n) is 8.69. The number of hydrogen-bond acceptors (Lipinski definition) is 6. The molecule has 6 nitrogen and oxygen atoms in total. The van der Waals surface area contributed by atoms with Gasteiger partial charge >= 0.3 is 0 Å². The van der Waals surface area contributed by atoms with Gasteiger partial charge in [0.25, 0.3) is 0 Å². The third-order valence-corrected chi connectivity index (χ3v) is 8.69. The second-order valence-electron chi connectivity index (χ2n) is 12.9. The summed E-state index contributed by atoms with van der Waals surface area (Å²) in [4.78, 5) is 23.2. The van der Waals surface area contributed by atoms with Crippen molar-refractivity contribution >= 4 is 22.7 Å². The van der Waals surface area contributed by atoms with Crippen molar-refractivity contribution in [3.8, 4) is 23.0 Å². The third kappa shape index (κ3) is 12.9. The molecule has 56 heavy (non-hydrogen) atoms. The predicted molar refractivity (Wildman–Crippen MR) is 228 cm³/mol. The summed E-state index contributed by atoms with van der Waals surface area (Å²) in [5.41, 5.74) is 7.89. The fraction of sp³-hybridized carbons (Fsp3) is 0.200. The Kier molecular flexibility index (Phi) is 17.2. The number of hydrogen-bond donors (Lipinski definition) is 2. The lowest BCUT2D eigenvalue weighted by Crippen LogP contribution is -2.01. The number of benzene rings is 6. The number of allylic oxidation sites excluding steroid dienone is 1. The van der Waals surface area contributed by atoms with Crippen molar-refractivity contribution in [3.05, 3.63) is 191 Å². The molecule has 0 aliphatic carbocycles. The molecule has 2 N–H and O–H groups in total. The largest absolute Gasteiger partial charge is 0.508 e. The summed E-state index contributed by atoms with van der Waals surface area (Å²) in [5.74, 6) is 2.23. The van der Waals surface area contributed by atoms with E-state index in [1.807, 2.05) is 74.5 Å². The average Bonchev–Trinajstić information content (AvgIpc) is 3.25. The van der Waals surface area contributed by atoms with E-state index in [1.54, 1.807) is 48.5 Å². The number of rotatable bonds is 14. The van der Waals surface area contributed by atoms with Crippen LogP contribution in [0.1, 0.15) is 96.3 Å². The van der Waals surface area contributed by atoms with Gasteiger partial charge in [-0.2, -0.15) is 0 Å². The zero-order valence-electron chi connectivity index (χ0n) is 32.8. The highest BCUT2D eigenvalue weighted by Gasteiger charge is 2.14. The Labute approximate surface area is 331 Å². The maximum Gasteiger partial charge on any atom is 0.193 e. The van der Waals surface area contributed by atoms with Crippen LogP contribution in [0, 0.1) is 0 Å². The van der Waals surface area contributed by atoms with Crippen LogP contribution in [0.4, 0.5) is 0 Å². The van der Waals surface area contributed by atoms with Crippen LogP contribution in [0.2, 0.25) is 0 Å². The summed E-state index contributed by atoms with van der Waals surface area (Å²) in [7, 11) is 0. The lowest BCUT2D eigenvalue weighted by Gasteiger charge is -2.17. The van der Waals surface area contributed by atoms with E-state index in [9.17, 15) is 19.8 Å². The van der Waals surface area contributed by atoms with Gasteiger partial charge in [-0.1, -0.05) is 113 Å². The van der Waals surface area contributed by atoms with Crippen LogP contribution < -0.4 is 9.47 Å². The molecule has 0 unspecified atom stereocenters. The number of aromatic hydroxyl groups is 2. The van der Waals surface area contributed by atoms with E-state index in [0.29, 0.717) is 24.2 Å². The Morgan fingerprint density at radius 1 is 0.429 bits per heavy atom. The van der Waals surface area contributed by atoms with Gasteiger partial charge in [-0.25, -0.2) is 0 Å². The molecule has 288 valence electrons. The molecule has 0 fully saturated rings. The van der Waals surface area contributed by atoms with Gasteiger partial charge in [0.05, 0.1) is 13.2 Å². The van der Waals surface area contributed by atoms with Gasteiger partial charge in [0.2, 0.25) is 0 Å². The van der Waals surface area contributed by atoms with E-state index in [0.717, 1.165) is 54.1 Å². The molecule has 0 spiro atoms. The van der Waals surface area contributed by atoms with Crippen LogP contribution in [0.3, 0.4) is 0 Å². The van der Waals surface area contributed by atoms with E-state index < -0.39 is 0 Å². The van der Waals surface area contributed by atoms with E-state index in [2.05, 4.69) is 50.2 Å². The molecule has 6 heteroatoms. The lowest BCUT2D eigenvalue weighted by atomic mass is 9.88. The molecule has 6 aromatic rings. The van der Waals surface area contributed by atoms with E-state index in [-0.39, 0.29) is 23.1 Å². The predicted octanol–water partition coefficient (Wildman–Crippen LogP) is 12.2. The number of ether oxygens (including phenoxy) is 2. The van der Waals surface area contributed by atoms with Crippen molar-refractivity contribution in [1.29, 1.82) is 0 Å². The number of carbonyl (C=O) groups is 2. The molecule has 6 rings (SSSR count). The van der Waals surface area contributed by atoms with Crippen LogP contribution in [0.5, 0.6) is 23.0 Å². The van der Waals surface area contributed by atoms with Crippen molar-refractivity contribution < 1.29 is 29.3 Å². The Balaban J connectivity index is 0.000000207. The van der Waals surface area contributed by atoms with Gasteiger partial charge in [0.15, 0.2) is 11.6 Å². The van der Waals surface area contributed by atoms with Gasteiger partial charge in [-0.05, 0) is 120 Å². The van der Waals surface area contributed by atoms with Crippen molar-refractivity contribution in [2.75, 3.05) is 13.2 Å². The highest BCUT2D eigenvalue weighted by molar-refractivity contribution is 6.09. The van der Waals surface area contributed by atoms with Crippen LogP contribution in [-0.4, -0.2) is 35.0 Å². The molecular formula is C50H52O6. The van der Waals surface area contributed by atoms with Gasteiger partial charge < -0.3 is 19.7 Å². The molecule has 0 amide bonds. The molecule has 0 saturated carbocycles. The molecular weight excluding hydrogens is 697 g/mol. The molecule has 0 aliphatic heterocycles. The number of Topliss-reactive ketones (excluding diaryl/α,β-unsaturated/α-hetero) is 1. The minimum Gasteiger partial charge on any atom is -0.508 e. The standard InChI is InChI=1S/C25H26O2.C16H16O3.C9H10O/c1-3-18-27-23-16-12-21(13-17-23)25(20-10-14-22(26)15-11-20)24(4-2)19-8-6-5-7-9-19;1-2-11-19-15-9-5-13(6-10-15)16(18)12-3-7-14(17)8-4-12;1-2-9(10)8-6-4-3-5-7-8/h5-17,26H,3-4,18H2,1-2H3;3-10,17H,2,11H2,1H3;3-7H,2H2,1H3. The Morgan fingerprint density at radius 2 is 0.804 bits per heavy atom. The number of phenolic OH excluding ortho intramolecular Hbond substituents is 2. The molecule has 0 saturated heterocycles. The highest BCUT2D eigenvalue weighted by atomic mass is 16.5. The zero-order chi connectivity index (χ0) is 40.1. The minimum atomic E-state index is -0.0676. The Hall–Kier alpha value is -6.40. The highest BCUT2D eigenvalue weighted by Crippen LogP contribution is 2.35. The molecule has 0 radical (unpaired) electrons. The Morgan fingerprint density at radius 3 is 1.20 bits per heavy atom. The summed E-state index contributed by atoms with van der Waals surface area (Å²) < 4.78 is 11.2. The van der Waals surface area contributed by atoms with Crippen LogP contribution in [0.15, 0.2) is 158 Å². The summed E-state index contributed by atoms with van der Waals surface area (Å²) in [5, 5.41) is 18.9. The first-order valence-electron chi connectivity index (χ1n) is 19.2. The molecule has 0 atom stereocenters. The summed E-state index contributed by atoms with van der Waals surface area (Å²) in [6.07, 6.45) is 3.45. The molecule has 6 aromatic carbocycles. The lowest BCUT2D eigenvalue weighted by molar-refractivity contribution is 0.0987. The summed E-state index contributed by atoms with van der Waals surface area (Å²) >= 11 is 0. The van der Waals surface area contributed by atoms with Crippen molar-refractivity contribution in [2.45, 2.75) is 53.4 Å². The second kappa shape index (κ2) is 22.7. The number of carbonyl (C=O) groups excluding carboxylic acids is 2. The van der Waals surface area contributed by atoms with Crippen molar-refractivity contribution in [2.24, 2.45) is 0 Å². The molecule has 0 aromatic heterocycles. The SMILES string of the molecule is CCC(=O)c1ccccc1.CCCOc1ccc(C(=C(CC)c2ccccc2)c2ccc(O)cc2)cc1.CCCOc1ccc(C(=O)c2ccc(O)cc2)cc1. The fourth-order valence-corrected chi connectivity index (χ4v) is 5.78. The zero-order valence-corrected chi connectivity index (χ0v) is 32.8. The topological polar surface area (TPSA) is 93.1 Å². The maximum absolute atomic E-state index is 12.2. The van der Waals surface area contributed by atoms with Gasteiger partial charge in [-0.15, -0.1) is 0 Å². The van der Waals surface area contributed by atoms with Gasteiger partial charge in [0, 0.05) is 23.1 Å². The fourth-order valence-electron chi connectivity index (χ4n) is 5.78. The van der Waals surface area contributed by atoms with E-state index >= 15 is 0 Å². The van der Waals surface area contributed by atoms with Crippen molar-refractivity contribution in [1.82, 2.24) is 0 Å². The van der Waals surface area contributed by atoms with E-state index in [4.69, 9.17) is 9.47 Å². The second-order valence-corrected chi connectivity index (χ2v) is 12.9. The quantitative estimate of drug-likeness (QED) is 0.0851. The maximum atomic E-state index is 12.2. The average molecular weight is 749 g/mol. The molecule has 0 bridgehead atoms. The van der Waals surface area contributed by atoms with Crippen LogP contribution in [-0.2, 0) is 0 Å². The first-order chi connectivity index (χ1) is 27.3. The molecule has 0 heterocycles. The number of phenols is 2. The van der Waals surface area contributed by atoms with E-state index in [1.165, 1.54) is 28.8 Å². The monoisotopic (exact) mass is 748 g/mol. The summed E-state index contributed by atoms with van der Waals surface area (Å²) in [6, 6.07) is 48.9. The van der Waals surface area contributed by atoms with Gasteiger partial charge in [0.1, 0.15) is 23.0 Å². The van der Waals surface area contributed by atoms with Crippen molar-refractivity contribution in [3.63, 3.8) is 0 Å². The summed E-state index contributed by atoms with van der Waals surface area (Å²) in [6.45, 7) is 9.60.